The summed E-state index contributed by atoms with van der Waals surface area (Å²) in [6.07, 6.45) is 1.66. The lowest BCUT2D eigenvalue weighted by atomic mass is 10.1. The smallest absolute Gasteiger partial charge is 0.194 e. The monoisotopic (exact) mass is 258 g/mol. The second-order valence-electron chi connectivity index (χ2n) is 4.51. The summed E-state index contributed by atoms with van der Waals surface area (Å²) in [6.45, 7) is 4.60. The molecule has 3 rings (SSSR count). The van der Waals surface area contributed by atoms with Gasteiger partial charge in [-0.3, -0.25) is 4.79 Å². The average Bonchev–Trinajstić information content (AvgIpc) is 2.87. The van der Waals surface area contributed by atoms with E-state index in [9.17, 15) is 4.79 Å². The molecule has 2 heterocycles. The lowest BCUT2D eigenvalue weighted by molar-refractivity contribution is 0.100. The highest BCUT2D eigenvalue weighted by Gasteiger charge is 2.16. The second-order valence-corrected chi connectivity index (χ2v) is 4.51. The van der Waals surface area contributed by atoms with Crippen LogP contribution >= 0.6 is 0 Å². The number of ketones is 1. The molecule has 98 valence electrons. The van der Waals surface area contributed by atoms with Crippen LogP contribution in [-0.4, -0.2) is 29.0 Å². The Morgan fingerprint density at radius 3 is 2.58 bits per heavy atom. The molecule has 0 aliphatic carbocycles. The number of hydrogen-bond acceptors (Lipinski definition) is 4. The number of nitrogens with one attached hydrogen (secondary N) is 1. The molecule has 5 nitrogen and oxygen atoms in total. The van der Waals surface area contributed by atoms with Crippen LogP contribution in [-0.2, 0) is 0 Å². The van der Waals surface area contributed by atoms with Gasteiger partial charge in [0.2, 0.25) is 0 Å². The predicted molar refractivity (Wildman–Crippen MR) is 69.8 cm³/mol. The molecule has 1 aromatic heterocycles. The van der Waals surface area contributed by atoms with Crippen molar-refractivity contribution in [1.82, 2.24) is 9.97 Å². The topological polar surface area (TPSA) is 64.2 Å². The molecule has 1 aromatic carbocycles. The molecule has 5 heteroatoms. The highest BCUT2D eigenvalue weighted by Crippen LogP contribution is 2.36. The van der Waals surface area contributed by atoms with Gasteiger partial charge in [-0.25, -0.2) is 4.98 Å². The molecule has 1 aliphatic heterocycles. The van der Waals surface area contributed by atoms with E-state index >= 15 is 0 Å². The summed E-state index contributed by atoms with van der Waals surface area (Å²) < 4.78 is 11.1. The number of aromatic amines is 1. The van der Waals surface area contributed by atoms with Crippen LogP contribution in [0.5, 0.6) is 11.5 Å². The maximum absolute atomic E-state index is 11.3. The van der Waals surface area contributed by atoms with E-state index in [0.717, 1.165) is 28.3 Å². The summed E-state index contributed by atoms with van der Waals surface area (Å²) in [5, 5.41) is 0. The number of rotatable bonds is 2. The summed E-state index contributed by atoms with van der Waals surface area (Å²) in [4.78, 5) is 18.4. The fraction of sp³-hybridized carbons (Fsp3) is 0.286. The third-order valence-electron chi connectivity index (χ3n) is 3.09. The number of carbonyl (C=O) groups excluding carboxylic acids is 1. The quantitative estimate of drug-likeness (QED) is 0.840. The van der Waals surface area contributed by atoms with Crippen LogP contribution in [0.4, 0.5) is 0 Å². The zero-order valence-electron chi connectivity index (χ0n) is 10.8. The highest BCUT2D eigenvalue weighted by atomic mass is 16.6. The number of hydrogen-bond donors (Lipinski definition) is 1. The van der Waals surface area contributed by atoms with Crippen molar-refractivity contribution in [2.45, 2.75) is 13.8 Å². The molecule has 19 heavy (non-hydrogen) atoms. The third kappa shape index (κ3) is 2.07. The maximum atomic E-state index is 11.3. The van der Waals surface area contributed by atoms with E-state index in [0.29, 0.717) is 19.0 Å². The zero-order valence-corrected chi connectivity index (χ0v) is 10.8. The minimum Gasteiger partial charge on any atom is -0.486 e. The van der Waals surface area contributed by atoms with Crippen LogP contribution < -0.4 is 9.47 Å². The fourth-order valence-corrected chi connectivity index (χ4v) is 2.12. The number of imidazole rings is 1. The maximum Gasteiger partial charge on any atom is 0.194 e. The van der Waals surface area contributed by atoms with Gasteiger partial charge in [-0.05, 0) is 24.6 Å². The number of Topliss-reactive ketones (excluding diaryl/α,β-unsaturated/α-hetero) is 1. The van der Waals surface area contributed by atoms with Crippen molar-refractivity contribution in [3.63, 3.8) is 0 Å². The molecule has 0 saturated heterocycles. The summed E-state index contributed by atoms with van der Waals surface area (Å²) >= 11 is 0. The van der Waals surface area contributed by atoms with Gasteiger partial charge in [0.05, 0.1) is 11.9 Å². The molecule has 0 bridgehead atoms. The van der Waals surface area contributed by atoms with Gasteiger partial charge in [0.1, 0.15) is 13.2 Å². The van der Waals surface area contributed by atoms with Gasteiger partial charge in [0, 0.05) is 12.5 Å². The van der Waals surface area contributed by atoms with E-state index < -0.39 is 0 Å². The molecule has 1 N–H and O–H groups in total. The third-order valence-corrected chi connectivity index (χ3v) is 3.09. The number of benzene rings is 1. The van der Waals surface area contributed by atoms with E-state index in [1.54, 1.807) is 6.20 Å². The van der Waals surface area contributed by atoms with E-state index in [1.807, 2.05) is 19.1 Å². The van der Waals surface area contributed by atoms with E-state index in [1.165, 1.54) is 6.92 Å². The second kappa shape index (κ2) is 4.42. The van der Waals surface area contributed by atoms with Crippen LogP contribution in [0.2, 0.25) is 0 Å². The Hall–Kier alpha value is -2.30. The number of aryl methyl sites for hydroxylation is 1. The van der Waals surface area contributed by atoms with Gasteiger partial charge in [0.15, 0.2) is 23.1 Å². The van der Waals surface area contributed by atoms with Crippen LogP contribution in [0.3, 0.4) is 0 Å². The lowest BCUT2D eigenvalue weighted by Crippen LogP contribution is -2.15. The molecule has 1 aliphatic rings. The Labute approximate surface area is 110 Å². The number of H-pyrrole nitrogens is 1. The largest absolute Gasteiger partial charge is 0.486 e. The molecular weight excluding hydrogens is 244 g/mol. The van der Waals surface area contributed by atoms with E-state index in [-0.39, 0.29) is 5.78 Å². The molecule has 0 radical (unpaired) electrons. The van der Waals surface area contributed by atoms with Crippen molar-refractivity contribution in [2.75, 3.05) is 13.2 Å². The zero-order chi connectivity index (χ0) is 13.4. The number of nitrogens with zero attached hydrogens (tertiary/aromatic N) is 1. The first-order valence-corrected chi connectivity index (χ1v) is 6.11. The van der Waals surface area contributed by atoms with Crippen molar-refractivity contribution in [3.8, 4) is 22.8 Å². The summed E-state index contributed by atoms with van der Waals surface area (Å²) in [6, 6.07) is 3.86. The van der Waals surface area contributed by atoms with Crippen molar-refractivity contribution >= 4 is 5.78 Å². The SMILES string of the molecule is CC(=O)c1ncc(-c2cc3c(cc2C)OCCO3)[nH]1. The molecular formula is C14H14N2O3. The molecule has 0 unspecified atom stereocenters. The average molecular weight is 258 g/mol. The normalized spacial score (nSPS) is 13.4. The minimum atomic E-state index is -0.0820. The molecule has 0 saturated carbocycles. The molecule has 0 spiro atoms. The molecule has 0 atom stereocenters. The van der Waals surface area contributed by atoms with Gasteiger partial charge < -0.3 is 14.5 Å². The number of aromatic nitrogens is 2. The van der Waals surface area contributed by atoms with Gasteiger partial charge in [0.25, 0.3) is 0 Å². The predicted octanol–water partition coefficient (Wildman–Crippen LogP) is 2.36. The van der Waals surface area contributed by atoms with Crippen molar-refractivity contribution in [2.24, 2.45) is 0 Å². The first-order valence-electron chi connectivity index (χ1n) is 6.11. The van der Waals surface area contributed by atoms with Gasteiger partial charge >= 0.3 is 0 Å². The molecule has 0 amide bonds. The Morgan fingerprint density at radius 1 is 1.26 bits per heavy atom. The first-order chi connectivity index (χ1) is 9.15. The lowest BCUT2D eigenvalue weighted by Gasteiger charge is -2.20. The van der Waals surface area contributed by atoms with Gasteiger partial charge in [-0.2, -0.15) is 0 Å². The van der Waals surface area contributed by atoms with Crippen molar-refractivity contribution in [1.29, 1.82) is 0 Å². The summed E-state index contributed by atoms with van der Waals surface area (Å²) in [5.41, 5.74) is 2.81. The Balaban J connectivity index is 2.06. The molecule has 0 fully saturated rings. The summed E-state index contributed by atoms with van der Waals surface area (Å²) in [5.74, 6) is 1.77. The Kier molecular flexibility index (Phi) is 2.74. The number of ether oxygens (including phenoxy) is 2. The number of fused-ring (bicyclic) bond motifs is 1. The van der Waals surface area contributed by atoms with Crippen molar-refractivity contribution in [3.05, 3.63) is 29.7 Å². The van der Waals surface area contributed by atoms with Gasteiger partial charge in [-0.1, -0.05) is 0 Å². The van der Waals surface area contributed by atoms with Crippen LogP contribution in [0, 0.1) is 6.92 Å². The number of carbonyl (C=O) groups is 1. The summed E-state index contributed by atoms with van der Waals surface area (Å²) in [7, 11) is 0. The first kappa shape index (κ1) is 11.8. The fourth-order valence-electron chi connectivity index (χ4n) is 2.12. The molecule has 2 aromatic rings. The van der Waals surface area contributed by atoms with Gasteiger partial charge in [-0.15, -0.1) is 0 Å². The van der Waals surface area contributed by atoms with Crippen LogP contribution in [0.1, 0.15) is 23.1 Å². The minimum absolute atomic E-state index is 0.0820. The van der Waals surface area contributed by atoms with Crippen LogP contribution in [0.25, 0.3) is 11.3 Å². The van der Waals surface area contributed by atoms with E-state index in [4.69, 9.17) is 9.47 Å². The van der Waals surface area contributed by atoms with E-state index in [2.05, 4.69) is 9.97 Å². The Morgan fingerprint density at radius 2 is 1.95 bits per heavy atom. The standard InChI is InChI=1S/C14H14N2O3/c1-8-5-12-13(19-4-3-18-12)6-10(8)11-7-15-14(16-11)9(2)17/h5-7H,3-4H2,1-2H3,(H,15,16). The van der Waals surface area contributed by atoms with Crippen molar-refractivity contribution < 1.29 is 14.3 Å². The highest BCUT2D eigenvalue weighted by molar-refractivity contribution is 5.91. The Bertz CT molecular complexity index is 646. The van der Waals surface area contributed by atoms with Crippen LogP contribution in [0.15, 0.2) is 18.3 Å².